The number of methoxy groups -OCH3 is 1. The number of carbonyl (C=O) groups is 1. The molecule has 0 unspecified atom stereocenters. The van der Waals surface area contributed by atoms with E-state index in [2.05, 4.69) is 20.6 Å². The van der Waals surface area contributed by atoms with Gasteiger partial charge in [0, 0.05) is 39.7 Å². The maximum atomic E-state index is 14.0. The van der Waals surface area contributed by atoms with E-state index in [1.54, 1.807) is 24.9 Å². The Morgan fingerprint density at radius 3 is 2.61 bits per heavy atom. The van der Waals surface area contributed by atoms with Crippen LogP contribution in [-0.4, -0.2) is 66.7 Å². The molecule has 2 atom stereocenters. The van der Waals surface area contributed by atoms with Gasteiger partial charge in [-0.15, -0.1) is 5.10 Å². The maximum absolute atomic E-state index is 14.0. The Kier molecular flexibility index (Phi) is 8.17. The van der Waals surface area contributed by atoms with Crippen LogP contribution in [0.15, 0.2) is 48.5 Å². The molecule has 10 heteroatoms. The molecule has 2 amide bonds. The molecule has 1 aromatic heterocycles. The summed E-state index contributed by atoms with van der Waals surface area (Å²) < 4.78 is 40.0. The van der Waals surface area contributed by atoms with E-state index < -0.39 is 17.7 Å². The van der Waals surface area contributed by atoms with Crippen LogP contribution >= 0.6 is 0 Å². The summed E-state index contributed by atoms with van der Waals surface area (Å²) in [5.74, 6) is -1.11. The zero-order chi connectivity index (χ0) is 25.7. The van der Waals surface area contributed by atoms with E-state index in [4.69, 9.17) is 9.47 Å². The van der Waals surface area contributed by atoms with Gasteiger partial charge in [-0.25, -0.2) is 18.3 Å². The number of carbonyl (C=O) groups excluding carboxylic acids is 1. The third kappa shape index (κ3) is 5.66. The molecule has 36 heavy (non-hydrogen) atoms. The number of hydrogen-bond acceptors (Lipinski definition) is 5. The Labute approximate surface area is 209 Å². The van der Waals surface area contributed by atoms with Crippen LogP contribution in [0, 0.1) is 11.6 Å². The number of amides is 2. The number of nitrogens with one attached hydrogen (secondary N) is 2. The number of rotatable bonds is 9. The molecule has 1 aliphatic heterocycles. The van der Waals surface area contributed by atoms with Gasteiger partial charge in [-0.05, 0) is 30.2 Å². The van der Waals surface area contributed by atoms with Gasteiger partial charge in [-0.1, -0.05) is 36.4 Å². The number of benzene rings is 2. The zero-order valence-corrected chi connectivity index (χ0v) is 20.6. The van der Waals surface area contributed by atoms with Gasteiger partial charge in [-0.2, -0.15) is 0 Å². The lowest BCUT2D eigenvalue weighted by Crippen LogP contribution is -2.42. The summed E-state index contributed by atoms with van der Waals surface area (Å²) in [4.78, 5) is 15.3. The van der Waals surface area contributed by atoms with Crippen molar-refractivity contribution in [1.29, 1.82) is 0 Å². The standard InChI is InChI=1S/C26H31F2N5O3/c1-4-36-25-23(17-8-6-5-7-9-17)24(32(2)31-25)30-26(34)29-22-16-33(12-13-35-3)15-19(22)18-10-11-20(27)21(28)14-18/h5-11,14,19,22H,4,12-13,15-16H2,1-3H3,(H2,29,30,34)/t19-,22+/m0/s1. The summed E-state index contributed by atoms with van der Waals surface area (Å²) >= 11 is 0. The van der Waals surface area contributed by atoms with Gasteiger partial charge in [0.1, 0.15) is 5.82 Å². The Bertz CT molecular complexity index is 1190. The Balaban J connectivity index is 1.57. The minimum Gasteiger partial charge on any atom is -0.476 e. The van der Waals surface area contributed by atoms with Crippen molar-refractivity contribution in [3.8, 4) is 17.0 Å². The molecule has 2 N–H and O–H groups in total. The minimum absolute atomic E-state index is 0.221. The lowest BCUT2D eigenvalue weighted by Gasteiger charge is -2.21. The van der Waals surface area contributed by atoms with Gasteiger partial charge in [0.15, 0.2) is 11.6 Å². The van der Waals surface area contributed by atoms with Crippen molar-refractivity contribution in [3.05, 3.63) is 65.7 Å². The van der Waals surface area contributed by atoms with Crippen LogP contribution in [0.25, 0.3) is 11.1 Å². The Hall–Kier alpha value is -3.50. The first-order valence-corrected chi connectivity index (χ1v) is 11.9. The fourth-order valence-corrected chi connectivity index (χ4v) is 4.57. The maximum Gasteiger partial charge on any atom is 0.320 e. The molecule has 192 valence electrons. The van der Waals surface area contributed by atoms with Crippen molar-refractivity contribution >= 4 is 11.8 Å². The molecule has 1 aliphatic rings. The van der Waals surface area contributed by atoms with Crippen LogP contribution in [0.4, 0.5) is 19.4 Å². The van der Waals surface area contributed by atoms with Crippen molar-refractivity contribution in [2.45, 2.75) is 18.9 Å². The molecule has 1 fully saturated rings. The molecule has 0 bridgehead atoms. The number of anilines is 1. The number of ether oxygens (including phenoxy) is 2. The van der Waals surface area contributed by atoms with E-state index in [1.807, 2.05) is 37.3 Å². The van der Waals surface area contributed by atoms with Crippen molar-refractivity contribution in [1.82, 2.24) is 20.0 Å². The van der Waals surface area contributed by atoms with Crippen molar-refractivity contribution < 1.29 is 23.0 Å². The molecule has 4 rings (SSSR count). The average molecular weight is 500 g/mol. The van der Waals surface area contributed by atoms with Gasteiger partial charge < -0.3 is 14.8 Å². The van der Waals surface area contributed by atoms with E-state index in [9.17, 15) is 13.6 Å². The molecule has 0 aliphatic carbocycles. The number of likely N-dealkylation sites (tertiary alicyclic amines) is 1. The summed E-state index contributed by atoms with van der Waals surface area (Å²) in [7, 11) is 3.36. The average Bonchev–Trinajstić information content (AvgIpc) is 3.40. The Morgan fingerprint density at radius 2 is 1.92 bits per heavy atom. The molecule has 3 aromatic rings. The van der Waals surface area contributed by atoms with Crippen LogP contribution in [0.5, 0.6) is 5.88 Å². The molecule has 8 nitrogen and oxygen atoms in total. The molecule has 2 heterocycles. The molecular formula is C26H31F2N5O3. The normalized spacial score (nSPS) is 17.8. The van der Waals surface area contributed by atoms with Crippen molar-refractivity contribution in [2.24, 2.45) is 7.05 Å². The van der Waals surface area contributed by atoms with E-state index in [0.29, 0.717) is 55.7 Å². The molecule has 2 aromatic carbocycles. The fourth-order valence-electron chi connectivity index (χ4n) is 4.57. The molecule has 0 spiro atoms. The summed E-state index contributed by atoms with van der Waals surface area (Å²) in [5, 5.41) is 10.4. The molecule has 1 saturated heterocycles. The summed E-state index contributed by atoms with van der Waals surface area (Å²) in [6, 6.07) is 12.7. The first-order chi connectivity index (χ1) is 17.4. The highest BCUT2D eigenvalue weighted by atomic mass is 19.2. The smallest absolute Gasteiger partial charge is 0.320 e. The van der Waals surface area contributed by atoms with Crippen LogP contribution in [0.3, 0.4) is 0 Å². The highest BCUT2D eigenvalue weighted by molar-refractivity contribution is 5.94. The summed E-state index contributed by atoms with van der Waals surface area (Å²) in [6.07, 6.45) is 0. The Morgan fingerprint density at radius 1 is 1.14 bits per heavy atom. The largest absolute Gasteiger partial charge is 0.476 e. The third-order valence-corrected chi connectivity index (χ3v) is 6.29. The predicted octanol–water partition coefficient (Wildman–Crippen LogP) is 4.00. The molecular weight excluding hydrogens is 468 g/mol. The molecule has 0 saturated carbocycles. The topological polar surface area (TPSA) is 80.6 Å². The highest BCUT2D eigenvalue weighted by Crippen LogP contribution is 2.36. The lowest BCUT2D eigenvalue weighted by molar-refractivity contribution is 0.159. The molecule has 0 radical (unpaired) electrons. The van der Waals surface area contributed by atoms with E-state index in [0.717, 1.165) is 11.6 Å². The lowest BCUT2D eigenvalue weighted by atomic mass is 9.94. The number of nitrogens with zero attached hydrogens (tertiary/aromatic N) is 3. The van der Waals surface area contributed by atoms with Gasteiger partial charge in [-0.3, -0.25) is 10.2 Å². The third-order valence-electron chi connectivity index (χ3n) is 6.29. The van der Waals surface area contributed by atoms with Crippen LogP contribution in [0.2, 0.25) is 0 Å². The van der Waals surface area contributed by atoms with Gasteiger partial charge in [0.05, 0.1) is 24.8 Å². The number of urea groups is 1. The van der Waals surface area contributed by atoms with Gasteiger partial charge in [0.25, 0.3) is 0 Å². The second kappa shape index (κ2) is 11.5. The SMILES string of the molecule is CCOc1nn(C)c(NC(=O)N[C@@H]2CN(CCOC)C[C@H]2c2ccc(F)c(F)c2)c1-c1ccccc1. The predicted molar refractivity (Wildman–Crippen MR) is 133 cm³/mol. The zero-order valence-electron chi connectivity index (χ0n) is 20.6. The minimum atomic E-state index is -0.906. The van der Waals surface area contributed by atoms with Gasteiger partial charge >= 0.3 is 6.03 Å². The van der Waals surface area contributed by atoms with Gasteiger partial charge in [0.2, 0.25) is 5.88 Å². The number of halogens is 2. The second-order valence-corrected chi connectivity index (χ2v) is 8.69. The number of aromatic nitrogens is 2. The summed E-state index contributed by atoms with van der Waals surface area (Å²) in [6.45, 7) is 4.61. The number of hydrogen-bond donors (Lipinski definition) is 2. The van der Waals surface area contributed by atoms with E-state index >= 15 is 0 Å². The van der Waals surface area contributed by atoms with Crippen molar-refractivity contribution in [3.63, 3.8) is 0 Å². The first-order valence-electron chi connectivity index (χ1n) is 11.9. The van der Waals surface area contributed by atoms with Crippen molar-refractivity contribution in [2.75, 3.05) is 45.3 Å². The quantitative estimate of drug-likeness (QED) is 0.465. The van der Waals surface area contributed by atoms with E-state index in [1.165, 1.54) is 6.07 Å². The van der Waals surface area contributed by atoms with Crippen LogP contribution < -0.4 is 15.4 Å². The monoisotopic (exact) mass is 499 g/mol. The summed E-state index contributed by atoms with van der Waals surface area (Å²) in [5.41, 5.74) is 2.17. The first kappa shape index (κ1) is 25.6. The van der Waals surface area contributed by atoms with Crippen LogP contribution in [0.1, 0.15) is 18.4 Å². The van der Waals surface area contributed by atoms with Crippen LogP contribution in [-0.2, 0) is 11.8 Å². The second-order valence-electron chi connectivity index (χ2n) is 8.69. The van der Waals surface area contributed by atoms with E-state index in [-0.39, 0.29) is 12.0 Å². The number of aryl methyl sites for hydroxylation is 1. The fraction of sp³-hybridized carbons (Fsp3) is 0.385. The highest BCUT2D eigenvalue weighted by Gasteiger charge is 2.35.